The average molecular weight is 288 g/mol. The number of ether oxygens (including phenoxy) is 2. The Morgan fingerprint density at radius 2 is 1.90 bits per heavy atom. The Bertz CT molecular complexity index is 526. The second kappa shape index (κ2) is 5.58. The average Bonchev–Trinajstić information content (AvgIpc) is 2.90. The third-order valence-corrected chi connectivity index (χ3v) is 3.82. The standard InChI is InChI=1S/C16H20N2O3/c1-16(2)20-13-9-11(10-14(13)21-16)3-4-15(19)18-12-5-7-17-8-6-12/h3-8,11,13-14H,9-10H2,1-2H3,(H,17,18,19)/b4-3+/t11?,13-,14+. The molecule has 1 amide bonds. The molecule has 0 radical (unpaired) electrons. The smallest absolute Gasteiger partial charge is 0.248 e. The minimum Gasteiger partial charge on any atom is -0.345 e. The Morgan fingerprint density at radius 3 is 2.52 bits per heavy atom. The molecule has 1 aromatic heterocycles. The molecule has 1 unspecified atom stereocenters. The number of allylic oxidation sites excluding steroid dienone is 1. The molecule has 1 saturated carbocycles. The number of carbonyl (C=O) groups is 1. The van der Waals surface area contributed by atoms with Gasteiger partial charge in [0.1, 0.15) is 0 Å². The Balaban J connectivity index is 1.51. The third-order valence-electron chi connectivity index (χ3n) is 3.82. The van der Waals surface area contributed by atoms with Crippen molar-refractivity contribution in [1.29, 1.82) is 0 Å². The lowest BCUT2D eigenvalue weighted by molar-refractivity contribution is -0.152. The molecular weight excluding hydrogens is 268 g/mol. The van der Waals surface area contributed by atoms with E-state index in [1.807, 2.05) is 19.9 Å². The SMILES string of the molecule is CC1(C)O[C@H]2CC(/C=C/C(=O)Nc3ccncc3)C[C@H]2O1. The predicted octanol–water partition coefficient (Wildman–Crippen LogP) is 2.51. The zero-order valence-corrected chi connectivity index (χ0v) is 12.3. The van der Waals surface area contributed by atoms with Gasteiger partial charge in [-0.3, -0.25) is 9.78 Å². The largest absolute Gasteiger partial charge is 0.345 e. The molecule has 1 saturated heterocycles. The second-order valence-electron chi connectivity index (χ2n) is 6.03. The van der Waals surface area contributed by atoms with Crippen LogP contribution in [0.3, 0.4) is 0 Å². The van der Waals surface area contributed by atoms with Crippen LogP contribution in [0, 0.1) is 5.92 Å². The quantitative estimate of drug-likeness (QED) is 0.868. The highest BCUT2D eigenvalue weighted by atomic mass is 16.8. The first-order valence-corrected chi connectivity index (χ1v) is 7.27. The first-order valence-electron chi connectivity index (χ1n) is 7.27. The van der Waals surface area contributed by atoms with E-state index in [4.69, 9.17) is 9.47 Å². The number of pyridine rings is 1. The number of amides is 1. The normalized spacial score (nSPS) is 30.5. The fraction of sp³-hybridized carbons (Fsp3) is 0.500. The fourth-order valence-corrected chi connectivity index (χ4v) is 3.00. The van der Waals surface area contributed by atoms with Crippen LogP contribution in [0.15, 0.2) is 36.7 Å². The van der Waals surface area contributed by atoms with Crippen molar-refractivity contribution in [3.8, 4) is 0 Å². The molecule has 2 heterocycles. The van der Waals surface area contributed by atoms with Gasteiger partial charge in [-0.05, 0) is 50.8 Å². The van der Waals surface area contributed by atoms with Crippen LogP contribution in [0.2, 0.25) is 0 Å². The predicted molar refractivity (Wildman–Crippen MR) is 78.6 cm³/mol. The minimum atomic E-state index is -0.470. The number of hydrogen-bond acceptors (Lipinski definition) is 4. The maximum atomic E-state index is 11.8. The molecule has 2 fully saturated rings. The maximum absolute atomic E-state index is 11.8. The van der Waals surface area contributed by atoms with Gasteiger partial charge in [0.15, 0.2) is 5.79 Å². The van der Waals surface area contributed by atoms with Gasteiger partial charge < -0.3 is 14.8 Å². The molecule has 112 valence electrons. The Hall–Kier alpha value is -1.72. The zero-order valence-electron chi connectivity index (χ0n) is 12.3. The summed E-state index contributed by atoms with van der Waals surface area (Å²) in [5, 5.41) is 2.80. The van der Waals surface area contributed by atoms with Gasteiger partial charge >= 0.3 is 0 Å². The summed E-state index contributed by atoms with van der Waals surface area (Å²) >= 11 is 0. The summed E-state index contributed by atoms with van der Waals surface area (Å²) in [7, 11) is 0. The first kappa shape index (κ1) is 14.2. The lowest BCUT2D eigenvalue weighted by Crippen LogP contribution is -2.22. The number of nitrogens with one attached hydrogen (secondary N) is 1. The van der Waals surface area contributed by atoms with E-state index in [1.54, 1.807) is 30.6 Å². The van der Waals surface area contributed by atoms with Gasteiger partial charge in [-0.25, -0.2) is 0 Å². The summed E-state index contributed by atoms with van der Waals surface area (Å²) in [4.78, 5) is 15.7. The fourth-order valence-electron chi connectivity index (χ4n) is 3.00. The molecule has 0 aromatic carbocycles. The summed E-state index contributed by atoms with van der Waals surface area (Å²) in [6.07, 6.45) is 8.96. The summed E-state index contributed by atoms with van der Waals surface area (Å²) in [6.45, 7) is 3.89. The number of rotatable bonds is 3. The van der Waals surface area contributed by atoms with Crippen molar-refractivity contribution < 1.29 is 14.3 Å². The first-order chi connectivity index (χ1) is 10.0. The lowest BCUT2D eigenvalue weighted by atomic mass is 10.1. The van der Waals surface area contributed by atoms with Crippen LogP contribution in [-0.4, -0.2) is 28.9 Å². The van der Waals surface area contributed by atoms with E-state index in [1.165, 1.54) is 0 Å². The third kappa shape index (κ3) is 3.49. The molecular formula is C16H20N2O3. The van der Waals surface area contributed by atoms with E-state index in [0.29, 0.717) is 5.92 Å². The van der Waals surface area contributed by atoms with Crippen molar-refractivity contribution in [2.75, 3.05) is 5.32 Å². The van der Waals surface area contributed by atoms with Crippen LogP contribution in [0.25, 0.3) is 0 Å². The molecule has 1 N–H and O–H groups in total. The summed E-state index contributed by atoms with van der Waals surface area (Å²) in [6, 6.07) is 3.52. The number of nitrogens with zero attached hydrogens (tertiary/aromatic N) is 1. The van der Waals surface area contributed by atoms with Crippen molar-refractivity contribution in [2.24, 2.45) is 5.92 Å². The molecule has 1 aromatic rings. The summed E-state index contributed by atoms with van der Waals surface area (Å²) < 4.78 is 11.7. The van der Waals surface area contributed by atoms with Gasteiger partial charge in [-0.2, -0.15) is 0 Å². The van der Waals surface area contributed by atoms with Crippen LogP contribution < -0.4 is 5.32 Å². The monoisotopic (exact) mass is 288 g/mol. The minimum absolute atomic E-state index is 0.125. The summed E-state index contributed by atoms with van der Waals surface area (Å²) in [5.74, 6) is -0.261. The van der Waals surface area contributed by atoms with Crippen LogP contribution in [0.4, 0.5) is 5.69 Å². The van der Waals surface area contributed by atoms with Crippen molar-refractivity contribution in [3.63, 3.8) is 0 Å². The molecule has 1 aliphatic carbocycles. The Kier molecular flexibility index (Phi) is 3.78. The van der Waals surface area contributed by atoms with E-state index in [-0.39, 0.29) is 18.1 Å². The number of fused-ring (bicyclic) bond motifs is 1. The molecule has 2 aliphatic rings. The molecule has 0 spiro atoms. The van der Waals surface area contributed by atoms with Crippen molar-refractivity contribution in [1.82, 2.24) is 4.98 Å². The molecule has 5 heteroatoms. The van der Waals surface area contributed by atoms with E-state index >= 15 is 0 Å². The topological polar surface area (TPSA) is 60.5 Å². The summed E-state index contributed by atoms with van der Waals surface area (Å²) in [5.41, 5.74) is 0.747. The van der Waals surface area contributed by atoms with Crippen molar-refractivity contribution in [2.45, 2.75) is 44.7 Å². The molecule has 0 bridgehead atoms. The number of anilines is 1. The van der Waals surface area contributed by atoms with E-state index in [0.717, 1.165) is 18.5 Å². The van der Waals surface area contributed by atoms with E-state index in [2.05, 4.69) is 10.3 Å². The number of hydrogen-bond donors (Lipinski definition) is 1. The van der Waals surface area contributed by atoms with Crippen molar-refractivity contribution >= 4 is 11.6 Å². The van der Waals surface area contributed by atoms with Gasteiger partial charge in [-0.1, -0.05) is 6.08 Å². The van der Waals surface area contributed by atoms with Crippen LogP contribution in [0.1, 0.15) is 26.7 Å². The number of aromatic nitrogens is 1. The van der Waals surface area contributed by atoms with E-state index in [9.17, 15) is 4.79 Å². The number of carbonyl (C=O) groups excluding carboxylic acids is 1. The van der Waals surface area contributed by atoms with Gasteiger partial charge in [-0.15, -0.1) is 0 Å². The Labute approximate surface area is 124 Å². The molecule has 5 nitrogen and oxygen atoms in total. The Morgan fingerprint density at radius 1 is 1.29 bits per heavy atom. The van der Waals surface area contributed by atoms with Crippen molar-refractivity contribution in [3.05, 3.63) is 36.7 Å². The maximum Gasteiger partial charge on any atom is 0.248 e. The van der Waals surface area contributed by atoms with Gasteiger partial charge in [0.25, 0.3) is 0 Å². The van der Waals surface area contributed by atoms with Crippen LogP contribution in [0.5, 0.6) is 0 Å². The van der Waals surface area contributed by atoms with Gasteiger partial charge in [0, 0.05) is 18.1 Å². The van der Waals surface area contributed by atoms with Gasteiger partial charge in [0.05, 0.1) is 12.2 Å². The highest BCUT2D eigenvalue weighted by Crippen LogP contribution is 2.41. The van der Waals surface area contributed by atoms with Gasteiger partial charge in [0.2, 0.25) is 5.91 Å². The van der Waals surface area contributed by atoms with Crippen LogP contribution in [-0.2, 0) is 14.3 Å². The second-order valence-corrected chi connectivity index (χ2v) is 6.03. The highest BCUT2D eigenvalue weighted by molar-refractivity contribution is 5.99. The molecule has 3 rings (SSSR count). The lowest BCUT2D eigenvalue weighted by Gasteiger charge is -2.19. The van der Waals surface area contributed by atoms with Crippen LogP contribution >= 0.6 is 0 Å². The highest BCUT2D eigenvalue weighted by Gasteiger charge is 2.46. The molecule has 21 heavy (non-hydrogen) atoms. The molecule has 1 aliphatic heterocycles. The van der Waals surface area contributed by atoms with E-state index < -0.39 is 5.79 Å². The molecule has 3 atom stereocenters. The zero-order chi connectivity index (χ0) is 14.9.